The lowest BCUT2D eigenvalue weighted by Crippen LogP contribution is -2.38. The molecule has 7 nitrogen and oxygen atoms in total. The van der Waals surface area contributed by atoms with Crippen molar-refractivity contribution in [3.63, 3.8) is 0 Å². The van der Waals surface area contributed by atoms with Crippen molar-refractivity contribution >= 4 is 5.91 Å². The highest BCUT2D eigenvalue weighted by Crippen LogP contribution is 2.33. The van der Waals surface area contributed by atoms with Crippen LogP contribution in [0.2, 0.25) is 0 Å². The molecule has 3 aromatic rings. The number of amides is 1. The van der Waals surface area contributed by atoms with E-state index in [-0.39, 0.29) is 11.8 Å². The van der Waals surface area contributed by atoms with Gasteiger partial charge in [0.1, 0.15) is 11.4 Å². The second kappa shape index (κ2) is 8.21. The average molecular weight is 378 g/mol. The molecule has 4 rings (SSSR count). The third kappa shape index (κ3) is 3.88. The van der Waals surface area contributed by atoms with Gasteiger partial charge in [0.15, 0.2) is 0 Å². The number of carbonyl (C=O) groups excluding carboxylic acids is 1. The molecule has 2 aromatic heterocycles. The van der Waals surface area contributed by atoms with Gasteiger partial charge in [-0.1, -0.05) is 30.3 Å². The minimum absolute atomic E-state index is 0.106. The van der Waals surface area contributed by atoms with Gasteiger partial charge >= 0.3 is 0 Å². The van der Waals surface area contributed by atoms with Crippen molar-refractivity contribution in [3.05, 3.63) is 65.9 Å². The Balaban J connectivity index is 1.43. The molecule has 1 fully saturated rings. The lowest BCUT2D eigenvalue weighted by atomic mass is 9.93. The van der Waals surface area contributed by atoms with Crippen LogP contribution in [-0.4, -0.2) is 39.0 Å². The van der Waals surface area contributed by atoms with Crippen LogP contribution in [0.15, 0.2) is 53.3 Å². The summed E-state index contributed by atoms with van der Waals surface area (Å²) in [6.45, 7) is 3.24. The number of aromatic nitrogens is 3. The zero-order valence-corrected chi connectivity index (χ0v) is 15.7. The number of carbonyl (C=O) groups is 1. The minimum atomic E-state index is -0.106. The van der Waals surface area contributed by atoms with Crippen LogP contribution in [0.25, 0.3) is 0 Å². The fourth-order valence-corrected chi connectivity index (χ4v) is 3.39. The zero-order chi connectivity index (χ0) is 19.3. The van der Waals surface area contributed by atoms with E-state index in [0.29, 0.717) is 24.7 Å². The molecule has 1 saturated heterocycles. The van der Waals surface area contributed by atoms with Crippen molar-refractivity contribution in [2.24, 2.45) is 0 Å². The molecular weight excluding hydrogens is 356 g/mol. The lowest BCUT2D eigenvalue weighted by molar-refractivity contribution is 0.0669. The van der Waals surface area contributed by atoms with E-state index < -0.39 is 0 Å². The van der Waals surface area contributed by atoms with Crippen LogP contribution < -0.4 is 4.74 Å². The standard InChI is InChI=1S/C21H22N4O3/c1-2-16-14-18(28-24-16)21(26)25-12-8-15(9-13-25)19-20(23-11-10-22-19)27-17-6-4-3-5-7-17/h3-7,10-11,14-15H,2,8-9,12-13H2,1H3. The van der Waals surface area contributed by atoms with Gasteiger partial charge in [-0.15, -0.1) is 0 Å². The molecule has 144 valence electrons. The summed E-state index contributed by atoms with van der Waals surface area (Å²) in [4.78, 5) is 23.3. The summed E-state index contributed by atoms with van der Waals surface area (Å²) in [5.74, 6) is 1.65. The summed E-state index contributed by atoms with van der Waals surface area (Å²) in [7, 11) is 0. The normalized spacial score (nSPS) is 14.8. The Labute approximate surface area is 163 Å². The van der Waals surface area contributed by atoms with Gasteiger partial charge < -0.3 is 14.2 Å². The van der Waals surface area contributed by atoms with Crippen LogP contribution in [0.1, 0.15) is 47.6 Å². The molecule has 1 aliphatic rings. The maximum Gasteiger partial charge on any atom is 0.292 e. The van der Waals surface area contributed by atoms with E-state index in [1.54, 1.807) is 18.5 Å². The maximum atomic E-state index is 12.6. The Hall–Kier alpha value is -3.22. The number of nitrogens with zero attached hydrogens (tertiary/aromatic N) is 4. The Morgan fingerprint density at radius 3 is 2.64 bits per heavy atom. The first-order chi connectivity index (χ1) is 13.7. The molecule has 0 N–H and O–H groups in total. The van der Waals surface area contributed by atoms with Gasteiger partial charge in [0.05, 0.1) is 5.69 Å². The van der Waals surface area contributed by atoms with Crippen molar-refractivity contribution in [2.45, 2.75) is 32.1 Å². The summed E-state index contributed by atoms with van der Waals surface area (Å²) < 4.78 is 11.1. The molecule has 1 aliphatic heterocycles. The van der Waals surface area contributed by atoms with Gasteiger partial charge in [0, 0.05) is 37.5 Å². The molecule has 0 spiro atoms. The molecule has 0 unspecified atom stereocenters. The highest BCUT2D eigenvalue weighted by Gasteiger charge is 2.29. The van der Waals surface area contributed by atoms with E-state index >= 15 is 0 Å². The van der Waals surface area contributed by atoms with Gasteiger partial charge in [0.2, 0.25) is 11.6 Å². The molecule has 0 bridgehead atoms. The number of ether oxygens (including phenoxy) is 1. The summed E-state index contributed by atoms with van der Waals surface area (Å²) in [6.07, 6.45) is 5.66. The third-order valence-electron chi connectivity index (χ3n) is 4.95. The number of likely N-dealkylation sites (tertiary alicyclic amines) is 1. The first-order valence-electron chi connectivity index (χ1n) is 9.53. The highest BCUT2D eigenvalue weighted by molar-refractivity contribution is 5.91. The molecule has 1 aromatic carbocycles. The fourth-order valence-electron chi connectivity index (χ4n) is 3.39. The fraction of sp³-hybridized carbons (Fsp3) is 0.333. The minimum Gasteiger partial charge on any atom is -0.437 e. The number of hydrogen-bond acceptors (Lipinski definition) is 6. The smallest absolute Gasteiger partial charge is 0.292 e. The number of rotatable bonds is 5. The van der Waals surface area contributed by atoms with Crippen LogP contribution in [0, 0.1) is 0 Å². The van der Waals surface area contributed by atoms with Crippen LogP contribution in [0.3, 0.4) is 0 Å². The second-order valence-electron chi connectivity index (χ2n) is 6.76. The first kappa shape index (κ1) is 18.2. The predicted molar refractivity (Wildman–Crippen MR) is 102 cm³/mol. The Morgan fingerprint density at radius 1 is 1.18 bits per heavy atom. The molecule has 3 heterocycles. The summed E-state index contributed by atoms with van der Waals surface area (Å²) in [6, 6.07) is 11.3. The molecule has 0 atom stereocenters. The molecule has 28 heavy (non-hydrogen) atoms. The van der Waals surface area contributed by atoms with E-state index in [2.05, 4.69) is 15.1 Å². The van der Waals surface area contributed by atoms with E-state index in [4.69, 9.17) is 9.26 Å². The van der Waals surface area contributed by atoms with E-state index in [1.807, 2.05) is 42.2 Å². The summed E-state index contributed by atoms with van der Waals surface area (Å²) in [5.41, 5.74) is 1.63. The molecule has 0 aliphatic carbocycles. The number of piperidine rings is 1. The topological polar surface area (TPSA) is 81.4 Å². The van der Waals surface area contributed by atoms with Crippen molar-refractivity contribution in [1.29, 1.82) is 0 Å². The third-order valence-corrected chi connectivity index (χ3v) is 4.95. The summed E-state index contributed by atoms with van der Waals surface area (Å²) >= 11 is 0. The van der Waals surface area contributed by atoms with Crippen LogP contribution in [0.5, 0.6) is 11.6 Å². The molecule has 0 radical (unpaired) electrons. The largest absolute Gasteiger partial charge is 0.437 e. The summed E-state index contributed by atoms with van der Waals surface area (Å²) in [5, 5.41) is 3.91. The zero-order valence-electron chi connectivity index (χ0n) is 15.7. The molecule has 1 amide bonds. The molecule has 0 saturated carbocycles. The molecule has 7 heteroatoms. The molecular formula is C21H22N4O3. The number of hydrogen-bond donors (Lipinski definition) is 0. The van der Waals surface area contributed by atoms with Crippen molar-refractivity contribution in [3.8, 4) is 11.6 Å². The Bertz CT molecular complexity index is 934. The number of benzene rings is 1. The van der Waals surface area contributed by atoms with E-state index in [0.717, 1.165) is 36.4 Å². The Morgan fingerprint density at radius 2 is 1.93 bits per heavy atom. The Kier molecular flexibility index (Phi) is 5.32. The first-order valence-corrected chi connectivity index (χ1v) is 9.53. The second-order valence-corrected chi connectivity index (χ2v) is 6.76. The predicted octanol–water partition coefficient (Wildman–Crippen LogP) is 3.84. The monoisotopic (exact) mass is 378 g/mol. The maximum absolute atomic E-state index is 12.6. The quantitative estimate of drug-likeness (QED) is 0.671. The van der Waals surface area contributed by atoms with Crippen LogP contribution >= 0.6 is 0 Å². The van der Waals surface area contributed by atoms with E-state index in [1.165, 1.54) is 0 Å². The van der Waals surface area contributed by atoms with Gasteiger partial charge in [-0.2, -0.15) is 0 Å². The van der Waals surface area contributed by atoms with Gasteiger partial charge in [-0.05, 0) is 31.4 Å². The highest BCUT2D eigenvalue weighted by atomic mass is 16.5. The number of aryl methyl sites for hydroxylation is 1. The average Bonchev–Trinajstić information content (AvgIpc) is 3.24. The van der Waals surface area contributed by atoms with Gasteiger partial charge in [0.25, 0.3) is 5.91 Å². The van der Waals surface area contributed by atoms with E-state index in [9.17, 15) is 4.79 Å². The van der Waals surface area contributed by atoms with Crippen molar-refractivity contribution < 1.29 is 14.1 Å². The SMILES string of the molecule is CCc1cc(C(=O)N2CCC(c3nccnc3Oc3ccccc3)CC2)on1. The number of para-hydroxylation sites is 1. The van der Waals surface area contributed by atoms with Crippen molar-refractivity contribution in [1.82, 2.24) is 20.0 Å². The lowest BCUT2D eigenvalue weighted by Gasteiger charge is -2.31. The van der Waals surface area contributed by atoms with Gasteiger partial charge in [-0.25, -0.2) is 4.98 Å². The van der Waals surface area contributed by atoms with Crippen molar-refractivity contribution in [2.75, 3.05) is 13.1 Å². The van der Waals surface area contributed by atoms with Crippen LogP contribution in [0.4, 0.5) is 0 Å². The van der Waals surface area contributed by atoms with Gasteiger partial charge in [-0.3, -0.25) is 9.78 Å². The van der Waals surface area contributed by atoms with Crippen LogP contribution in [-0.2, 0) is 6.42 Å².